The second-order valence-electron chi connectivity index (χ2n) is 11.0. The third-order valence-corrected chi connectivity index (χ3v) is 6.66. The second kappa shape index (κ2) is 15.3. The zero-order chi connectivity index (χ0) is 28.1. The number of hydrogen-bond donors (Lipinski definition) is 0. The van der Waals surface area contributed by atoms with Gasteiger partial charge >= 0.3 is 0 Å². The molecule has 0 saturated carbocycles. The topological polar surface area (TPSA) is 38.8 Å². The van der Waals surface area contributed by atoms with E-state index < -0.39 is 0 Å². The molecule has 3 rings (SSSR count). The van der Waals surface area contributed by atoms with E-state index in [0.717, 1.165) is 35.4 Å². The van der Waals surface area contributed by atoms with Crippen LogP contribution in [-0.2, 0) is 16.0 Å². The van der Waals surface area contributed by atoms with Gasteiger partial charge in [-0.15, -0.1) is 0 Å². The van der Waals surface area contributed by atoms with E-state index in [1.807, 2.05) is 81.5 Å². The fraction of sp³-hybridized carbons (Fsp3) is 0.400. The summed E-state index contributed by atoms with van der Waals surface area (Å²) in [6, 6.07) is 18.1. The predicted molar refractivity (Wildman–Crippen MR) is 163 cm³/mol. The van der Waals surface area contributed by atoms with Gasteiger partial charge in [-0.1, -0.05) is 74.5 Å². The van der Waals surface area contributed by atoms with Gasteiger partial charge < -0.3 is 9.47 Å². The molecule has 0 atom stereocenters. The van der Waals surface area contributed by atoms with Gasteiger partial charge in [0.2, 0.25) is 0 Å². The van der Waals surface area contributed by atoms with E-state index in [2.05, 4.69) is 30.5 Å². The number of likely N-dealkylation sites (tertiary alicyclic amines) is 1. The van der Waals surface area contributed by atoms with Crippen molar-refractivity contribution in [2.24, 2.45) is 0 Å². The predicted octanol–water partition coefficient (Wildman–Crippen LogP) is 7.97. The van der Waals surface area contributed by atoms with Gasteiger partial charge in [0.1, 0.15) is 23.7 Å². The summed E-state index contributed by atoms with van der Waals surface area (Å²) in [5.41, 5.74) is 3.44. The SMILES string of the molecule is C=CC(=CC=CC(C(=O)Cc1ccc(OCCN2CCCCC2)cc1)=C(CC)c1ccccc1)OC(C)(C)C. The molecule has 1 aliphatic rings. The Morgan fingerprint density at radius 2 is 1.69 bits per heavy atom. The molecule has 2 aromatic rings. The lowest BCUT2D eigenvalue weighted by Gasteiger charge is -2.26. The first-order valence-corrected chi connectivity index (χ1v) is 14.2. The minimum absolute atomic E-state index is 0.0796. The summed E-state index contributed by atoms with van der Waals surface area (Å²) < 4.78 is 11.9. The molecule has 4 nitrogen and oxygen atoms in total. The van der Waals surface area contributed by atoms with Crippen LogP contribution in [0.15, 0.2) is 96.8 Å². The van der Waals surface area contributed by atoms with Crippen LogP contribution in [0.1, 0.15) is 64.5 Å². The Hall–Kier alpha value is -3.37. The number of benzene rings is 2. The molecule has 0 N–H and O–H groups in total. The monoisotopic (exact) mass is 527 g/mol. The third kappa shape index (κ3) is 10.4. The van der Waals surface area contributed by atoms with Crippen molar-refractivity contribution in [1.82, 2.24) is 4.90 Å². The number of ether oxygens (including phenoxy) is 2. The van der Waals surface area contributed by atoms with Gasteiger partial charge in [0.15, 0.2) is 5.78 Å². The highest BCUT2D eigenvalue weighted by Gasteiger charge is 2.15. The fourth-order valence-electron chi connectivity index (χ4n) is 4.75. The van der Waals surface area contributed by atoms with Gasteiger partial charge in [-0.25, -0.2) is 0 Å². The lowest BCUT2D eigenvalue weighted by atomic mass is 9.92. The van der Waals surface area contributed by atoms with E-state index in [9.17, 15) is 4.79 Å². The maximum atomic E-state index is 13.7. The molecule has 0 spiro atoms. The molecule has 1 heterocycles. The van der Waals surface area contributed by atoms with Crippen molar-refractivity contribution in [1.29, 1.82) is 0 Å². The van der Waals surface area contributed by atoms with Crippen LogP contribution in [0.2, 0.25) is 0 Å². The smallest absolute Gasteiger partial charge is 0.167 e. The number of carbonyl (C=O) groups excluding carboxylic acids is 1. The molecule has 2 aromatic carbocycles. The first-order chi connectivity index (χ1) is 18.8. The summed E-state index contributed by atoms with van der Waals surface area (Å²) >= 11 is 0. The van der Waals surface area contributed by atoms with Gasteiger partial charge in [0.25, 0.3) is 0 Å². The molecule has 1 aliphatic heterocycles. The molecule has 0 bridgehead atoms. The Labute approximate surface area is 235 Å². The highest BCUT2D eigenvalue weighted by atomic mass is 16.5. The molecular formula is C35H45NO3. The minimum atomic E-state index is -0.329. The lowest BCUT2D eigenvalue weighted by molar-refractivity contribution is -0.114. The molecule has 0 radical (unpaired) electrons. The number of rotatable bonds is 13. The van der Waals surface area contributed by atoms with Crippen LogP contribution in [0, 0.1) is 0 Å². The number of allylic oxidation sites excluding steroid dienone is 6. The number of nitrogens with zero attached hydrogens (tertiary/aromatic N) is 1. The quantitative estimate of drug-likeness (QED) is 0.150. The largest absolute Gasteiger partial charge is 0.492 e. The van der Waals surface area contributed by atoms with Gasteiger partial charge in [-0.05, 0) is 94.1 Å². The molecule has 0 unspecified atom stereocenters. The van der Waals surface area contributed by atoms with Crippen LogP contribution in [0.5, 0.6) is 5.75 Å². The molecule has 0 aromatic heterocycles. The normalized spacial score (nSPS) is 15.6. The molecule has 4 heteroatoms. The van der Waals surface area contributed by atoms with Crippen LogP contribution in [-0.4, -0.2) is 42.5 Å². The van der Waals surface area contributed by atoms with Crippen LogP contribution in [0.25, 0.3) is 5.57 Å². The average molecular weight is 528 g/mol. The highest BCUT2D eigenvalue weighted by Crippen LogP contribution is 2.25. The Kier molecular flexibility index (Phi) is 11.8. The van der Waals surface area contributed by atoms with Crippen LogP contribution in [0.3, 0.4) is 0 Å². The van der Waals surface area contributed by atoms with Crippen LogP contribution in [0.4, 0.5) is 0 Å². The maximum absolute atomic E-state index is 13.7. The highest BCUT2D eigenvalue weighted by molar-refractivity contribution is 6.06. The van der Waals surface area contributed by atoms with Crippen molar-refractivity contribution in [2.75, 3.05) is 26.2 Å². The van der Waals surface area contributed by atoms with Crippen LogP contribution < -0.4 is 4.74 Å². The Balaban J connectivity index is 1.75. The Bertz CT molecular complexity index is 1140. The van der Waals surface area contributed by atoms with E-state index in [-0.39, 0.29) is 11.4 Å². The van der Waals surface area contributed by atoms with Crippen molar-refractivity contribution in [3.8, 4) is 5.75 Å². The number of ketones is 1. The number of piperidine rings is 1. The van der Waals surface area contributed by atoms with Crippen LogP contribution >= 0.6 is 0 Å². The number of Topliss-reactive ketones (excluding diaryl/α,β-unsaturated/α-hetero) is 1. The summed E-state index contributed by atoms with van der Waals surface area (Å²) in [7, 11) is 0. The minimum Gasteiger partial charge on any atom is -0.492 e. The number of carbonyl (C=O) groups is 1. The van der Waals surface area contributed by atoms with E-state index in [0.29, 0.717) is 24.4 Å². The van der Waals surface area contributed by atoms with Gasteiger partial charge in [0, 0.05) is 18.5 Å². The van der Waals surface area contributed by atoms with E-state index in [4.69, 9.17) is 9.47 Å². The van der Waals surface area contributed by atoms with E-state index >= 15 is 0 Å². The van der Waals surface area contributed by atoms with E-state index in [1.165, 1.54) is 32.4 Å². The van der Waals surface area contributed by atoms with Crippen molar-refractivity contribution >= 4 is 11.4 Å². The summed E-state index contributed by atoms with van der Waals surface area (Å²) in [4.78, 5) is 16.1. The lowest BCUT2D eigenvalue weighted by Crippen LogP contribution is -2.33. The van der Waals surface area contributed by atoms with Crippen molar-refractivity contribution in [3.63, 3.8) is 0 Å². The zero-order valence-electron chi connectivity index (χ0n) is 24.2. The Morgan fingerprint density at radius 3 is 2.31 bits per heavy atom. The summed E-state index contributed by atoms with van der Waals surface area (Å²) in [5.74, 6) is 1.59. The fourth-order valence-corrected chi connectivity index (χ4v) is 4.75. The number of hydrogen-bond acceptors (Lipinski definition) is 4. The standard InChI is InChI=1S/C35H45NO3/c1-6-30(39-35(3,4)5)17-14-18-33(32(7-2)29-15-10-8-11-16-29)34(37)27-28-19-21-31(22-20-28)38-26-25-36-23-12-9-13-24-36/h6,8,10-11,14-22H,1,7,9,12-13,23-27H2,2-5H3. The molecule has 208 valence electrons. The van der Waals surface area contributed by atoms with Gasteiger partial charge in [0.05, 0.1) is 0 Å². The molecule has 0 aliphatic carbocycles. The molecule has 1 fully saturated rings. The second-order valence-corrected chi connectivity index (χ2v) is 11.0. The van der Waals surface area contributed by atoms with Crippen molar-refractivity contribution in [3.05, 3.63) is 108 Å². The third-order valence-electron chi connectivity index (χ3n) is 6.66. The maximum Gasteiger partial charge on any atom is 0.167 e. The first-order valence-electron chi connectivity index (χ1n) is 14.2. The average Bonchev–Trinajstić information content (AvgIpc) is 2.93. The molecule has 1 saturated heterocycles. The van der Waals surface area contributed by atoms with Crippen molar-refractivity contribution in [2.45, 2.75) is 65.4 Å². The molecule has 39 heavy (non-hydrogen) atoms. The Morgan fingerprint density at radius 1 is 1.00 bits per heavy atom. The summed E-state index contributed by atoms with van der Waals surface area (Å²) in [6.45, 7) is 15.9. The zero-order valence-corrected chi connectivity index (χ0v) is 24.2. The van der Waals surface area contributed by atoms with Crippen molar-refractivity contribution < 1.29 is 14.3 Å². The summed E-state index contributed by atoms with van der Waals surface area (Å²) in [6.07, 6.45) is 12.3. The summed E-state index contributed by atoms with van der Waals surface area (Å²) in [5, 5.41) is 0. The first kappa shape index (κ1) is 30.2. The molecular weight excluding hydrogens is 482 g/mol. The van der Waals surface area contributed by atoms with Gasteiger partial charge in [-0.3, -0.25) is 9.69 Å². The molecule has 0 amide bonds. The van der Waals surface area contributed by atoms with E-state index in [1.54, 1.807) is 6.08 Å². The van der Waals surface area contributed by atoms with Gasteiger partial charge in [-0.2, -0.15) is 0 Å².